The van der Waals surface area contributed by atoms with Crippen LogP contribution in [0.3, 0.4) is 0 Å². The Hall–Kier alpha value is -3.04. The van der Waals surface area contributed by atoms with Crippen LogP contribution in [-0.4, -0.2) is 36.4 Å². The predicted octanol–water partition coefficient (Wildman–Crippen LogP) is 3.34. The minimum atomic E-state index is -0.581. The summed E-state index contributed by atoms with van der Waals surface area (Å²) in [5, 5.41) is 7.82. The fraction of sp³-hybridized carbons (Fsp3) is 0.158. The maximum atomic E-state index is 12.3. The zero-order valence-electron chi connectivity index (χ0n) is 15.1. The number of hydrogen-bond acceptors (Lipinski definition) is 7. The first kappa shape index (κ1) is 19.7. The van der Waals surface area contributed by atoms with Crippen molar-refractivity contribution in [1.82, 2.24) is 10.3 Å². The van der Waals surface area contributed by atoms with E-state index in [1.807, 2.05) is 17.5 Å². The normalized spacial score (nSPS) is 10.4. The first-order valence-corrected chi connectivity index (χ1v) is 9.98. The van der Waals surface area contributed by atoms with Crippen LogP contribution in [0.4, 0.5) is 5.69 Å². The highest BCUT2D eigenvalue weighted by molar-refractivity contribution is 7.22. The van der Waals surface area contributed by atoms with Crippen LogP contribution in [0.15, 0.2) is 41.8 Å². The molecule has 9 heteroatoms. The molecule has 0 saturated heterocycles. The molecular formula is C19H17N3O4S2. The maximum Gasteiger partial charge on any atom is 0.350 e. The monoisotopic (exact) mass is 415 g/mol. The highest BCUT2D eigenvalue weighted by atomic mass is 32.1. The third-order valence-corrected chi connectivity index (χ3v) is 5.88. The number of anilines is 1. The van der Waals surface area contributed by atoms with E-state index in [-0.39, 0.29) is 5.91 Å². The Morgan fingerprint density at radius 1 is 1.14 bits per heavy atom. The van der Waals surface area contributed by atoms with Crippen LogP contribution in [0.2, 0.25) is 0 Å². The number of thiophene rings is 1. The highest BCUT2D eigenvalue weighted by Gasteiger charge is 2.19. The molecule has 0 bridgehead atoms. The minimum absolute atomic E-state index is 0.214. The van der Waals surface area contributed by atoms with Gasteiger partial charge < -0.3 is 15.4 Å². The second-order valence-electron chi connectivity index (χ2n) is 5.69. The minimum Gasteiger partial charge on any atom is -0.451 e. The van der Waals surface area contributed by atoms with Gasteiger partial charge in [0.1, 0.15) is 9.88 Å². The molecule has 0 aliphatic rings. The van der Waals surface area contributed by atoms with Crippen LogP contribution in [0, 0.1) is 6.92 Å². The largest absolute Gasteiger partial charge is 0.451 e. The standard InChI is InChI=1S/C19H17N3O4S2/c1-11-16(28-18(21-11)14-4-3-9-27-14)19(25)26-10-15(23)22-13-7-5-12(6-8-13)17(24)20-2/h3-9H,10H2,1-2H3,(H,20,24)(H,22,23). The van der Waals surface area contributed by atoms with Gasteiger partial charge in [0.15, 0.2) is 6.61 Å². The third kappa shape index (κ3) is 4.62. The molecule has 0 atom stereocenters. The number of aryl methyl sites for hydroxylation is 1. The molecule has 0 radical (unpaired) electrons. The quantitative estimate of drug-likeness (QED) is 0.602. The number of carbonyl (C=O) groups excluding carboxylic acids is 3. The van der Waals surface area contributed by atoms with Crippen LogP contribution >= 0.6 is 22.7 Å². The van der Waals surface area contributed by atoms with E-state index in [0.717, 1.165) is 9.88 Å². The number of aromatic nitrogens is 1. The zero-order chi connectivity index (χ0) is 20.1. The molecule has 0 spiro atoms. The van der Waals surface area contributed by atoms with Crippen molar-refractivity contribution in [2.45, 2.75) is 6.92 Å². The van der Waals surface area contributed by atoms with Gasteiger partial charge in [0.25, 0.3) is 11.8 Å². The number of benzene rings is 1. The lowest BCUT2D eigenvalue weighted by molar-refractivity contribution is -0.119. The fourth-order valence-electron chi connectivity index (χ4n) is 2.33. The molecule has 0 aliphatic carbocycles. The molecule has 2 N–H and O–H groups in total. The van der Waals surface area contributed by atoms with Crippen molar-refractivity contribution in [1.29, 1.82) is 0 Å². The Morgan fingerprint density at radius 3 is 2.54 bits per heavy atom. The number of hydrogen-bond donors (Lipinski definition) is 2. The van der Waals surface area contributed by atoms with Crippen molar-refractivity contribution >= 4 is 46.1 Å². The molecule has 0 aliphatic heterocycles. The van der Waals surface area contributed by atoms with Crippen LogP contribution in [-0.2, 0) is 9.53 Å². The Labute approximate surface area is 169 Å². The van der Waals surface area contributed by atoms with Crippen molar-refractivity contribution in [3.05, 3.63) is 57.9 Å². The number of amides is 2. The molecule has 2 amide bonds. The van der Waals surface area contributed by atoms with Crippen LogP contribution in [0.25, 0.3) is 9.88 Å². The Kier molecular flexibility index (Phi) is 6.17. The molecule has 3 rings (SSSR count). The Balaban J connectivity index is 1.56. The van der Waals surface area contributed by atoms with E-state index < -0.39 is 18.5 Å². The molecule has 3 aromatic rings. The van der Waals surface area contributed by atoms with Gasteiger partial charge in [-0.05, 0) is 42.6 Å². The van der Waals surface area contributed by atoms with Crippen molar-refractivity contribution in [2.75, 3.05) is 19.0 Å². The lowest BCUT2D eigenvalue weighted by Crippen LogP contribution is -2.21. The van der Waals surface area contributed by atoms with Gasteiger partial charge in [-0.15, -0.1) is 22.7 Å². The SMILES string of the molecule is CNC(=O)c1ccc(NC(=O)COC(=O)c2sc(-c3cccs3)nc2C)cc1. The summed E-state index contributed by atoms with van der Waals surface area (Å²) in [5.74, 6) is -1.27. The summed E-state index contributed by atoms with van der Waals surface area (Å²) < 4.78 is 5.11. The molecule has 144 valence electrons. The van der Waals surface area contributed by atoms with Gasteiger partial charge in [-0.1, -0.05) is 6.07 Å². The lowest BCUT2D eigenvalue weighted by Gasteiger charge is -2.07. The lowest BCUT2D eigenvalue weighted by atomic mass is 10.2. The van der Waals surface area contributed by atoms with Gasteiger partial charge in [-0.2, -0.15) is 0 Å². The molecular weight excluding hydrogens is 398 g/mol. The second-order valence-corrected chi connectivity index (χ2v) is 7.64. The van der Waals surface area contributed by atoms with E-state index in [0.29, 0.717) is 21.8 Å². The molecule has 2 aromatic heterocycles. The second kappa shape index (κ2) is 8.77. The van der Waals surface area contributed by atoms with Crippen LogP contribution in [0.5, 0.6) is 0 Å². The Morgan fingerprint density at radius 2 is 1.89 bits per heavy atom. The average molecular weight is 415 g/mol. The maximum absolute atomic E-state index is 12.3. The third-order valence-electron chi connectivity index (χ3n) is 3.71. The molecule has 0 unspecified atom stereocenters. The predicted molar refractivity (Wildman–Crippen MR) is 109 cm³/mol. The average Bonchev–Trinajstić information content (AvgIpc) is 3.36. The van der Waals surface area contributed by atoms with Gasteiger partial charge in [0.05, 0.1) is 10.6 Å². The zero-order valence-corrected chi connectivity index (χ0v) is 16.8. The van der Waals surface area contributed by atoms with Crippen LogP contribution < -0.4 is 10.6 Å². The smallest absolute Gasteiger partial charge is 0.350 e. The topological polar surface area (TPSA) is 97.4 Å². The first-order chi connectivity index (χ1) is 13.5. The highest BCUT2D eigenvalue weighted by Crippen LogP contribution is 2.31. The van der Waals surface area contributed by atoms with Gasteiger partial charge in [-0.25, -0.2) is 9.78 Å². The summed E-state index contributed by atoms with van der Waals surface area (Å²) in [7, 11) is 1.54. The van der Waals surface area contributed by atoms with E-state index in [1.165, 1.54) is 11.3 Å². The summed E-state index contributed by atoms with van der Waals surface area (Å²) in [4.78, 5) is 41.6. The number of esters is 1. The number of nitrogens with one attached hydrogen (secondary N) is 2. The van der Waals surface area contributed by atoms with Gasteiger partial charge in [0, 0.05) is 18.3 Å². The van der Waals surface area contributed by atoms with E-state index in [1.54, 1.807) is 49.6 Å². The van der Waals surface area contributed by atoms with Gasteiger partial charge in [-0.3, -0.25) is 9.59 Å². The molecule has 2 heterocycles. The fourth-order valence-corrected chi connectivity index (χ4v) is 4.09. The summed E-state index contributed by atoms with van der Waals surface area (Å²) in [6, 6.07) is 10.2. The number of thiazole rings is 1. The molecule has 0 fully saturated rings. The molecule has 1 aromatic carbocycles. The van der Waals surface area contributed by atoms with E-state index in [2.05, 4.69) is 15.6 Å². The molecule has 7 nitrogen and oxygen atoms in total. The van der Waals surface area contributed by atoms with Crippen molar-refractivity contribution in [3.8, 4) is 9.88 Å². The Bertz CT molecular complexity index is 995. The summed E-state index contributed by atoms with van der Waals surface area (Å²) in [5.41, 5.74) is 1.56. The van der Waals surface area contributed by atoms with Gasteiger partial charge in [0.2, 0.25) is 0 Å². The van der Waals surface area contributed by atoms with Gasteiger partial charge >= 0.3 is 5.97 Å². The number of nitrogens with zero attached hydrogens (tertiary/aromatic N) is 1. The number of ether oxygens (including phenoxy) is 1. The van der Waals surface area contributed by atoms with Crippen molar-refractivity contribution in [2.24, 2.45) is 0 Å². The van der Waals surface area contributed by atoms with Crippen molar-refractivity contribution in [3.63, 3.8) is 0 Å². The number of rotatable bonds is 6. The first-order valence-electron chi connectivity index (χ1n) is 8.28. The van der Waals surface area contributed by atoms with E-state index in [9.17, 15) is 14.4 Å². The van der Waals surface area contributed by atoms with Crippen molar-refractivity contribution < 1.29 is 19.1 Å². The number of carbonyl (C=O) groups is 3. The molecule has 28 heavy (non-hydrogen) atoms. The van der Waals surface area contributed by atoms with E-state index >= 15 is 0 Å². The molecule has 0 saturated carbocycles. The van der Waals surface area contributed by atoms with Crippen LogP contribution in [0.1, 0.15) is 25.7 Å². The summed E-state index contributed by atoms with van der Waals surface area (Å²) in [6.45, 7) is 1.32. The summed E-state index contributed by atoms with van der Waals surface area (Å²) in [6.07, 6.45) is 0. The van der Waals surface area contributed by atoms with E-state index in [4.69, 9.17) is 4.74 Å². The summed E-state index contributed by atoms with van der Waals surface area (Å²) >= 11 is 2.78.